The molecule has 1 aliphatic rings. The Balaban J connectivity index is 2.54. The summed E-state index contributed by atoms with van der Waals surface area (Å²) in [5, 5.41) is 18.7. The summed E-state index contributed by atoms with van der Waals surface area (Å²) in [5.74, 6) is -0.811. The van der Waals surface area contributed by atoms with E-state index in [4.69, 9.17) is 9.84 Å². The third-order valence-electron chi connectivity index (χ3n) is 2.62. The molecule has 4 atom stereocenters. The van der Waals surface area contributed by atoms with Crippen LogP contribution in [-0.4, -0.2) is 34.5 Å². The number of cyclic esters (lactones) is 1. The lowest BCUT2D eigenvalue weighted by Gasteiger charge is -2.16. The van der Waals surface area contributed by atoms with Crippen molar-refractivity contribution < 1.29 is 19.7 Å². The van der Waals surface area contributed by atoms with Crippen LogP contribution in [0.5, 0.6) is 0 Å². The predicted octanol–water partition coefficient (Wildman–Crippen LogP) is 0.460. The van der Waals surface area contributed by atoms with E-state index in [-0.39, 0.29) is 12.1 Å². The van der Waals surface area contributed by atoms with Gasteiger partial charge in [0.15, 0.2) is 0 Å². The highest BCUT2D eigenvalue weighted by molar-refractivity contribution is 5.73. The van der Waals surface area contributed by atoms with E-state index in [2.05, 4.69) is 0 Å². The van der Waals surface area contributed by atoms with Gasteiger partial charge in [-0.15, -0.1) is 0 Å². The van der Waals surface area contributed by atoms with Gasteiger partial charge < -0.3 is 14.9 Å². The summed E-state index contributed by atoms with van der Waals surface area (Å²) in [5.41, 5.74) is 0. The van der Waals surface area contributed by atoms with E-state index in [0.717, 1.165) is 0 Å². The zero-order valence-corrected chi connectivity index (χ0v) is 8.64. The van der Waals surface area contributed by atoms with E-state index in [1.807, 2.05) is 0 Å². The normalized spacial score (nSPS) is 36.0. The van der Waals surface area contributed by atoms with Crippen LogP contribution >= 0.6 is 0 Å². The first kappa shape index (κ1) is 11.5. The van der Waals surface area contributed by atoms with Crippen molar-refractivity contribution in [2.45, 2.75) is 51.4 Å². The van der Waals surface area contributed by atoms with Crippen LogP contribution in [0.1, 0.15) is 33.1 Å². The summed E-state index contributed by atoms with van der Waals surface area (Å²) in [7, 11) is 0. The Labute approximate surface area is 83.9 Å². The van der Waals surface area contributed by atoms with Gasteiger partial charge in [0, 0.05) is 6.42 Å². The molecule has 4 nitrogen and oxygen atoms in total. The quantitative estimate of drug-likeness (QED) is 0.638. The third kappa shape index (κ3) is 2.96. The van der Waals surface area contributed by atoms with Crippen molar-refractivity contribution in [3.8, 4) is 0 Å². The van der Waals surface area contributed by atoms with Gasteiger partial charge in [0.2, 0.25) is 0 Å². The minimum atomic E-state index is -0.610. The first-order valence-electron chi connectivity index (χ1n) is 5.07. The number of esters is 1. The van der Waals surface area contributed by atoms with Crippen molar-refractivity contribution in [2.75, 3.05) is 0 Å². The average Bonchev–Trinajstić information content (AvgIpc) is 2.19. The molecule has 1 saturated heterocycles. The van der Waals surface area contributed by atoms with Crippen LogP contribution in [0.2, 0.25) is 0 Å². The van der Waals surface area contributed by atoms with Crippen LogP contribution in [0.3, 0.4) is 0 Å². The molecule has 0 bridgehead atoms. The number of aliphatic hydroxyl groups excluding tert-OH is 2. The smallest absolute Gasteiger partial charge is 0.311 e. The Kier molecular flexibility index (Phi) is 3.89. The van der Waals surface area contributed by atoms with Gasteiger partial charge in [-0.25, -0.2) is 0 Å². The summed E-state index contributed by atoms with van der Waals surface area (Å²) in [6.45, 7) is 3.33. The molecule has 0 aromatic rings. The molecule has 1 rings (SSSR count). The van der Waals surface area contributed by atoms with Crippen molar-refractivity contribution in [1.82, 2.24) is 0 Å². The van der Waals surface area contributed by atoms with Crippen LogP contribution in [0.25, 0.3) is 0 Å². The second-order valence-corrected chi connectivity index (χ2v) is 4.08. The van der Waals surface area contributed by atoms with Gasteiger partial charge in [0.05, 0.1) is 18.1 Å². The molecular weight excluding hydrogens is 184 g/mol. The number of carbonyl (C=O) groups is 1. The Bertz CT molecular complexity index is 202. The van der Waals surface area contributed by atoms with Crippen molar-refractivity contribution in [2.24, 2.45) is 5.92 Å². The van der Waals surface area contributed by atoms with Gasteiger partial charge in [-0.1, -0.05) is 0 Å². The van der Waals surface area contributed by atoms with Gasteiger partial charge in [-0.2, -0.15) is 0 Å². The maximum atomic E-state index is 11.4. The fraction of sp³-hybridized carbons (Fsp3) is 0.900. The number of aliphatic hydroxyl groups is 2. The van der Waals surface area contributed by atoms with Crippen molar-refractivity contribution in [3.63, 3.8) is 0 Å². The zero-order valence-electron chi connectivity index (χ0n) is 8.64. The van der Waals surface area contributed by atoms with E-state index in [1.54, 1.807) is 13.8 Å². The van der Waals surface area contributed by atoms with Crippen molar-refractivity contribution in [1.29, 1.82) is 0 Å². The Morgan fingerprint density at radius 2 is 2.21 bits per heavy atom. The molecule has 0 amide bonds. The summed E-state index contributed by atoms with van der Waals surface area (Å²) < 4.78 is 5.15. The molecular formula is C10H18O4. The van der Waals surface area contributed by atoms with Crippen LogP contribution in [0.4, 0.5) is 0 Å². The van der Waals surface area contributed by atoms with Crippen molar-refractivity contribution >= 4 is 5.97 Å². The zero-order chi connectivity index (χ0) is 10.7. The minimum Gasteiger partial charge on any atom is -0.462 e. The monoisotopic (exact) mass is 202 g/mol. The van der Waals surface area contributed by atoms with Crippen LogP contribution in [0, 0.1) is 5.92 Å². The summed E-state index contributed by atoms with van der Waals surface area (Å²) in [6.07, 6.45) is 0.305. The lowest BCUT2D eigenvalue weighted by molar-refractivity contribution is -0.155. The second-order valence-electron chi connectivity index (χ2n) is 4.08. The standard InChI is InChI=1S/C10H18O4/c1-6(11)5-8-3-4-9(12)7(2)10(13)14-8/h6-9,11-12H,3-5H2,1-2H3/t6-,7+,8-,9-/m0/s1. The molecule has 4 heteroatoms. The molecule has 2 N–H and O–H groups in total. The highest BCUT2D eigenvalue weighted by Crippen LogP contribution is 2.22. The van der Waals surface area contributed by atoms with Crippen molar-refractivity contribution in [3.05, 3.63) is 0 Å². The Hall–Kier alpha value is -0.610. The highest BCUT2D eigenvalue weighted by atomic mass is 16.5. The van der Waals surface area contributed by atoms with Crippen LogP contribution < -0.4 is 0 Å². The molecule has 14 heavy (non-hydrogen) atoms. The van der Waals surface area contributed by atoms with E-state index in [9.17, 15) is 9.90 Å². The summed E-state index contributed by atoms with van der Waals surface area (Å²) >= 11 is 0. The molecule has 0 radical (unpaired) electrons. The van der Waals surface area contributed by atoms with E-state index in [1.165, 1.54) is 0 Å². The van der Waals surface area contributed by atoms with Gasteiger partial charge in [0.1, 0.15) is 6.10 Å². The summed E-state index contributed by atoms with van der Waals surface area (Å²) in [6, 6.07) is 0. The van der Waals surface area contributed by atoms with Gasteiger partial charge in [0.25, 0.3) is 0 Å². The number of ether oxygens (including phenoxy) is 1. The molecule has 0 spiro atoms. The maximum absolute atomic E-state index is 11.4. The second kappa shape index (κ2) is 4.75. The number of carbonyl (C=O) groups excluding carboxylic acids is 1. The SMILES string of the molecule is C[C@H](O)C[C@@H]1CC[C@H](O)[C@@H](C)C(=O)O1. The largest absolute Gasteiger partial charge is 0.462 e. The number of hydrogen-bond acceptors (Lipinski definition) is 4. The lowest BCUT2D eigenvalue weighted by atomic mass is 10.00. The first-order chi connectivity index (χ1) is 6.50. The van der Waals surface area contributed by atoms with Crippen LogP contribution in [0.15, 0.2) is 0 Å². The molecule has 0 aliphatic carbocycles. The molecule has 1 aliphatic heterocycles. The van der Waals surface area contributed by atoms with Gasteiger partial charge in [-0.3, -0.25) is 4.79 Å². The van der Waals surface area contributed by atoms with E-state index in [0.29, 0.717) is 19.3 Å². The number of rotatable bonds is 2. The van der Waals surface area contributed by atoms with Crippen LogP contribution in [-0.2, 0) is 9.53 Å². The summed E-state index contributed by atoms with van der Waals surface area (Å²) in [4.78, 5) is 11.4. The molecule has 0 aromatic heterocycles. The fourth-order valence-electron chi connectivity index (χ4n) is 1.64. The van der Waals surface area contributed by atoms with Gasteiger partial charge >= 0.3 is 5.97 Å². The predicted molar refractivity (Wildman–Crippen MR) is 50.6 cm³/mol. The van der Waals surface area contributed by atoms with Gasteiger partial charge in [-0.05, 0) is 26.7 Å². The topological polar surface area (TPSA) is 66.8 Å². The molecule has 1 fully saturated rings. The maximum Gasteiger partial charge on any atom is 0.311 e. The molecule has 1 heterocycles. The first-order valence-corrected chi connectivity index (χ1v) is 5.07. The fourth-order valence-corrected chi connectivity index (χ4v) is 1.64. The molecule has 0 unspecified atom stereocenters. The molecule has 0 saturated carbocycles. The Morgan fingerprint density at radius 3 is 2.79 bits per heavy atom. The van der Waals surface area contributed by atoms with E-state index < -0.39 is 18.1 Å². The van der Waals surface area contributed by atoms with E-state index >= 15 is 0 Å². The number of hydrogen-bond donors (Lipinski definition) is 2. The third-order valence-corrected chi connectivity index (χ3v) is 2.62. The highest BCUT2D eigenvalue weighted by Gasteiger charge is 2.31. The Morgan fingerprint density at radius 1 is 1.57 bits per heavy atom. The average molecular weight is 202 g/mol. The molecule has 82 valence electrons. The lowest BCUT2D eigenvalue weighted by Crippen LogP contribution is -2.26. The minimum absolute atomic E-state index is 0.248. The molecule has 0 aromatic carbocycles.